The molecule has 1 fully saturated rings. The highest BCUT2D eigenvalue weighted by Gasteiger charge is 2.50. The van der Waals surface area contributed by atoms with Crippen molar-refractivity contribution in [3.05, 3.63) is 108 Å². The quantitative estimate of drug-likeness (QED) is 0.289. The smallest absolute Gasteiger partial charge is 0.254 e. The minimum atomic E-state index is -2.27. The molecule has 3 aromatic carbocycles. The molecule has 1 heterocycles. The van der Waals surface area contributed by atoms with E-state index in [1.54, 1.807) is 0 Å². The molecule has 3 aromatic rings. The number of hydrogen-bond acceptors (Lipinski definition) is 5. The molecule has 0 bridgehead atoms. The molecule has 0 radical (unpaired) electrons. The van der Waals surface area contributed by atoms with E-state index in [-0.39, 0.29) is 17.6 Å². The van der Waals surface area contributed by atoms with E-state index in [4.69, 9.17) is 18.6 Å². The number of carbonyl (C=O) groups is 1. The Bertz CT molecular complexity index is 1170. The third kappa shape index (κ3) is 7.87. The molecule has 0 aromatic heterocycles. The number of hydrogen-bond donors (Lipinski definition) is 1. The maximum absolute atomic E-state index is 13.6. The van der Waals surface area contributed by atoms with E-state index in [0.29, 0.717) is 13.2 Å². The van der Waals surface area contributed by atoms with Crippen molar-refractivity contribution in [3.8, 4) is 0 Å². The molecule has 0 aliphatic carbocycles. The number of ether oxygens (including phenoxy) is 3. The van der Waals surface area contributed by atoms with E-state index >= 15 is 0 Å². The predicted molar refractivity (Wildman–Crippen MR) is 155 cm³/mol. The first kappa shape index (κ1) is 29.2. The topological polar surface area (TPSA) is 66.0 Å². The van der Waals surface area contributed by atoms with Crippen LogP contribution in [0.5, 0.6) is 0 Å². The summed E-state index contributed by atoms with van der Waals surface area (Å²) in [6, 6.07) is 29.8. The lowest BCUT2D eigenvalue weighted by Gasteiger charge is -2.46. The van der Waals surface area contributed by atoms with E-state index in [0.717, 1.165) is 16.7 Å². The van der Waals surface area contributed by atoms with Crippen LogP contribution in [0.25, 0.3) is 0 Å². The van der Waals surface area contributed by atoms with E-state index in [1.165, 1.54) is 0 Å². The third-order valence-electron chi connectivity index (χ3n) is 7.53. The molecule has 7 heteroatoms. The summed E-state index contributed by atoms with van der Waals surface area (Å²) in [4.78, 5) is 13.6. The fourth-order valence-electron chi connectivity index (χ4n) is 4.22. The molecule has 0 saturated carbocycles. The van der Waals surface area contributed by atoms with Gasteiger partial charge in [-0.1, -0.05) is 112 Å². The SMILES string of the molecule is CC(C)(C)[Si](C)(C)O[C@@H]1NC(=O)[C@H](OCc2ccccc2)[C@@H](OCc2ccccc2)[C@@H]1OCc1ccccc1. The number of piperidine rings is 1. The molecular formula is C32H41NO5Si. The highest BCUT2D eigenvalue weighted by molar-refractivity contribution is 6.74. The lowest BCUT2D eigenvalue weighted by molar-refractivity contribution is -0.205. The van der Waals surface area contributed by atoms with E-state index in [2.05, 4.69) is 39.2 Å². The minimum absolute atomic E-state index is 0.0528. The van der Waals surface area contributed by atoms with Gasteiger partial charge in [-0.05, 0) is 34.8 Å². The van der Waals surface area contributed by atoms with Crippen LogP contribution in [0.4, 0.5) is 0 Å². The zero-order chi connectivity index (χ0) is 27.9. The van der Waals surface area contributed by atoms with E-state index in [9.17, 15) is 4.79 Å². The molecule has 6 nitrogen and oxygen atoms in total. The van der Waals surface area contributed by atoms with E-state index in [1.807, 2.05) is 91.0 Å². The first-order chi connectivity index (χ1) is 18.6. The van der Waals surface area contributed by atoms with Gasteiger partial charge >= 0.3 is 0 Å². The van der Waals surface area contributed by atoms with Gasteiger partial charge in [0.15, 0.2) is 14.4 Å². The summed E-state index contributed by atoms with van der Waals surface area (Å²) in [5.41, 5.74) is 3.02. The zero-order valence-electron chi connectivity index (χ0n) is 23.6. The summed E-state index contributed by atoms with van der Waals surface area (Å²) in [6.07, 6.45) is -2.80. The molecular weight excluding hydrogens is 506 g/mol. The molecule has 1 saturated heterocycles. The molecule has 1 N–H and O–H groups in total. The molecule has 208 valence electrons. The van der Waals surface area contributed by atoms with Gasteiger partial charge in [0.1, 0.15) is 18.4 Å². The van der Waals surface area contributed by atoms with Crippen LogP contribution in [0.3, 0.4) is 0 Å². The highest BCUT2D eigenvalue weighted by Crippen LogP contribution is 2.38. The van der Waals surface area contributed by atoms with Gasteiger partial charge in [-0.15, -0.1) is 0 Å². The number of amides is 1. The van der Waals surface area contributed by atoms with Crippen LogP contribution in [-0.2, 0) is 43.3 Å². The van der Waals surface area contributed by atoms with Crippen molar-refractivity contribution in [2.75, 3.05) is 0 Å². The van der Waals surface area contributed by atoms with Crippen molar-refractivity contribution in [2.45, 2.75) is 83.3 Å². The summed E-state index contributed by atoms with van der Waals surface area (Å²) in [6.45, 7) is 11.8. The van der Waals surface area contributed by atoms with Crippen LogP contribution in [0.2, 0.25) is 18.1 Å². The van der Waals surface area contributed by atoms with Gasteiger partial charge < -0.3 is 24.0 Å². The van der Waals surface area contributed by atoms with Gasteiger partial charge in [0.25, 0.3) is 5.91 Å². The van der Waals surface area contributed by atoms with Crippen LogP contribution < -0.4 is 5.32 Å². The Labute approximate surface area is 233 Å². The molecule has 4 rings (SSSR count). The maximum Gasteiger partial charge on any atom is 0.254 e. The zero-order valence-corrected chi connectivity index (χ0v) is 24.6. The molecule has 1 amide bonds. The van der Waals surface area contributed by atoms with Gasteiger partial charge in [-0.3, -0.25) is 4.79 Å². The van der Waals surface area contributed by atoms with Crippen molar-refractivity contribution in [2.24, 2.45) is 0 Å². The van der Waals surface area contributed by atoms with Crippen LogP contribution in [0.15, 0.2) is 91.0 Å². The molecule has 0 unspecified atom stereocenters. The van der Waals surface area contributed by atoms with Crippen LogP contribution in [0, 0.1) is 0 Å². The third-order valence-corrected chi connectivity index (χ3v) is 12.0. The fourth-order valence-corrected chi connectivity index (χ4v) is 5.40. The number of benzene rings is 3. The molecule has 1 aliphatic heterocycles. The Morgan fingerprint density at radius 1 is 0.667 bits per heavy atom. The lowest BCUT2D eigenvalue weighted by atomic mass is 10.00. The standard InChI is InChI=1S/C32H41NO5Si/c1-32(2,3)39(4,5)38-31-29(37-23-26-19-13-8-14-20-26)27(35-21-24-15-9-6-10-16-24)28(30(34)33-31)36-22-25-17-11-7-12-18-25/h6-20,27-29,31H,21-23H2,1-5H3,(H,33,34)/t27-,28-,29+,31+/m1/s1. The van der Waals surface area contributed by atoms with Crippen LogP contribution >= 0.6 is 0 Å². The molecule has 0 spiro atoms. The first-order valence-electron chi connectivity index (χ1n) is 13.6. The normalized spacial score (nSPS) is 21.9. The second-order valence-electron chi connectivity index (χ2n) is 11.5. The molecule has 4 atom stereocenters. The van der Waals surface area contributed by atoms with Gasteiger partial charge in [0.05, 0.1) is 19.8 Å². The summed E-state index contributed by atoms with van der Waals surface area (Å²) < 4.78 is 26.0. The van der Waals surface area contributed by atoms with Crippen molar-refractivity contribution in [3.63, 3.8) is 0 Å². The van der Waals surface area contributed by atoms with Gasteiger partial charge in [-0.2, -0.15) is 0 Å². The Morgan fingerprint density at radius 3 is 1.51 bits per heavy atom. The largest absolute Gasteiger partial charge is 0.395 e. The maximum atomic E-state index is 13.6. The Hall–Kier alpha value is -2.81. The minimum Gasteiger partial charge on any atom is -0.395 e. The van der Waals surface area contributed by atoms with Gasteiger partial charge in [0.2, 0.25) is 0 Å². The Kier molecular flexibility index (Phi) is 9.75. The Balaban J connectivity index is 1.63. The lowest BCUT2D eigenvalue weighted by Crippen LogP contribution is -2.67. The summed E-state index contributed by atoms with van der Waals surface area (Å²) in [7, 11) is -2.27. The number of nitrogens with one attached hydrogen (secondary N) is 1. The highest BCUT2D eigenvalue weighted by atomic mass is 28.4. The first-order valence-corrected chi connectivity index (χ1v) is 16.5. The average Bonchev–Trinajstić information content (AvgIpc) is 2.91. The summed E-state index contributed by atoms with van der Waals surface area (Å²) >= 11 is 0. The summed E-state index contributed by atoms with van der Waals surface area (Å²) in [5.74, 6) is -0.257. The second-order valence-corrected chi connectivity index (χ2v) is 16.3. The average molecular weight is 548 g/mol. The molecule has 39 heavy (non-hydrogen) atoms. The van der Waals surface area contributed by atoms with Gasteiger partial charge in [-0.25, -0.2) is 0 Å². The van der Waals surface area contributed by atoms with Gasteiger partial charge in [0, 0.05) is 0 Å². The number of rotatable bonds is 11. The Morgan fingerprint density at radius 2 is 1.08 bits per heavy atom. The van der Waals surface area contributed by atoms with Crippen molar-refractivity contribution in [1.29, 1.82) is 0 Å². The van der Waals surface area contributed by atoms with Crippen molar-refractivity contribution in [1.82, 2.24) is 5.32 Å². The van der Waals surface area contributed by atoms with Crippen LogP contribution in [0.1, 0.15) is 37.5 Å². The summed E-state index contributed by atoms with van der Waals surface area (Å²) in [5, 5.41) is 3.04. The second kappa shape index (κ2) is 13.0. The van der Waals surface area contributed by atoms with E-state index < -0.39 is 32.9 Å². The monoisotopic (exact) mass is 547 g/mol. The van der Waals surface area contributed by atoms with Crippen LogP contribution in [-0.4, -0.2) is 38.8 Å². The van der Waals surface area contributed by atoms with Crippen molar-refractivity contribution >= 4 is 14.2 Å². The predicted octanol–water partition coefficient (Wildman–Crippen LogP) is 6.22. The molecule has 1 aliphatic rings. The fraction of sp³-hybridized carbons (Fsp3) is 0.406. The van der Waals surface area contributed by atoms with Crippen molar-refractivity contribution < 1.29 is 23.4 Å². The number of carbonyl (C=O) groups excluding carboxylic acids is 1.